The van der Waals surface area contributed by atoms with E-state index in [1.807, 2.05) is 32.1 Å². The minimum atomic E-state index is -0.395. The van der Waals surface area contributed by atoms with Gasteiger partial charge in [-0.15, -0.1) is 11.3 Å². The Morgan fingerprint density at radius 1 is 1.24 bits per heavy atom. The highest BCUT2D eigenvalue weighted by Gasteiger charge is 2.20. The maximum absolute atomic E-state index is 10.1. The monoisotopic (exact) mass is 312 g/mol. The third-order valence-corrected chi connectivity index (χ3v) is 4.46. The lowest BCUT2D eigenvalue weighted by molar-refractivity contribution is -0.0587. The molecule has 0 aromatic carbocycles. The van der Waals surface area contributed by atoms with Crippen molar-refractivity contribution in [3.63, 3.8) is 0 Å². The highest BCUT2D eigenvalue weighted by molar-refractivity contribution is 7.09. The fourth-order valence-electron chi connectivity index (χ4n) is 2.45. The van der Waals surface area contributed by atoms with Crippen LogP contribution in [0.4, 0.5) is 0 Å². The Bertz CT molecular complexity index is 395. The number of hydrogen-bond donors (Lipinski definition) is 1. The summed E-state index contributed by atoms with van der Waals surface area (Å²) in [6.45, 7) is 12.4. The number of nitrogens with zero attached hydrogens (tertiary/aromatic N) is 2. The van der Waals surface area contributed by atoms with Gasteiger partial charge in [0.1, 0.15) is 0 Å². The van der Waals surface area contributed by atoms with E-state index in [2.05, 4.69) is 27.3 Å². The molecule has 0 aliphatic carbocycles. The largest absolute Gasteiger partial charge is 0.389 e. The fourth-order valence-corrected chi connectivity index (χ4v) is 3.20. The van der Waals surface area contributed by atoms with Crippen molar-refractivity contribution in [2.24, 2.45) is 0 Å². The van der Waals surface area contributed by atoms with Gasteiger partial charge in [-0.25, -0.2) is 0 Å². The molecule has 2 rings (SSSR count). The molecule has 1 aromatic heterocycles. The first kappa shape index (κ1) is 16.9. The van der Waals surface area contributed by atoms with Crippen molar-refractivity contribution in [1.29, 1.82) is 0 Å². The fraction of sp³-hybridized carbons (Fsp3) is 0.750. The second kappa shape index (κ2) is 7.70. The van der Waals surface area contributed by atoms with Crippen LogP contribution in [0.3, 0.4) is 0 Å². The predicted octanol–water partition coefficient (Wildman–Crippen LogP) is 2.04. The molecule has 1 aliphatic heterocycles. The molecular weight excluding hydrogens is 284 g/mol. The molecular formula is C16H28N2O2S. The molecule has 0 saturated carbocycles. The average molecular weight is 312 g/mol. The molecule has 0 amide bonds. The van der Waals surface area contributed by atoms with Gasteiger partial charge in [-0.2, -0.15) is 0 Å². The molecule has 1 N–H and O–H groups in total. The number of rotatable bonds is 6. The van der Waals surface area contributed by atoms with Crippen molar-refractivity contribution in [3.05, 3.63) is 22.4 Å². The standard InChI is InChI=1S/C16H28N2O2S/c1-16(2,3)20-13-14(19)11-17-6-8-18(9-7-17)12-15-5-4-10-21-15/h4-5,10,14,19H,6-9,11-13H2,1-3H3/t14-/m1/s1. The van der Waals surface area contributed by atoms with Gasteiger partial charge < -0.3 is 9.84 Å². The second-order valence-electron chi connectivity index (χ2n) is 6.73. The van der Waals surface area contributed by atoms with Gasteiger partial charge in [0.05, 0.1) is 18.3 Å². The summed E-state index contributed by atoms with van der Waals surface area (Å²) in [4.78, 5) is 6.25. The van der Waals surface area contributed by atoms with E-state index in [0.29, 0.717) is 13.2 Å². The third-order valence-electron chi connectivity index (χ3n) is 3.60. The molecule has 5 heteroatoms. The van der Waals surface area contributed by atoms with Crippen molar-refractivity contribution in [2.45, 2.75) is 39.0 Å². The van der Waals surface area contributed by atoms with E-state index >= 15 is 0 Å². The summed E-state index contributed by atoms with van der Waals surface area (Å²) in [5, 5.41) is 12.2. The molecule has 1 atom stereocenters. The Morgan fingerprint density at radius 3 is 2.48 bits per heavy atom. The highest BCUT2D eigenvalue weighted by atomic mass is 32.1. The van der Waals surface area contributed by atoms with Gasteiger partial charge in [-0.05, 0) is 32.2 Å². The van der Waals surface area contributed by atoms with E-state index < -0.39 is 6.10 Å². The van der Waals surface area contributed by atoms with Crippen LogP contribution in [0.1, 0.15) is 25.6 Å². The first-order valence-electron chi connectivity index (χ1n) is 7.71. The van der Waals surface area contributed by atoms with E-state index in [0.717, 1.165) is 32.7 Å². The average Bonchev–Trinajstić information content (AvgIpc) is 2.91. The van der Waals surface area contributed by atoms with Gasteiger partial charge in [-0.3, -0.25) is 9.80 Å². The number of thiophene rings is 1. The highest BCUT2D eigenvalue weighted by Crippen LogP contribution is 2.14. The van der Waals surface area contributed by atoms with Crippen molar-refractivity contribution in [1.82, 2.24) is 9.80 Å². The van der Waals surface area contributed by atoms with Crippen LogP contribution in [0.15, 0.2) is 17.5 Å². The number of piperazine rings is 1. The first-order valence-corrected chi connectivity index (χ1v) is 8.59. The van der Waals surface area contributed by atoms with Crippen LogP contribution in [0.2, 0.25) is 0 Å². The molecule has 1 aromatic rings. The number of β-amino-alcohol motifs (C(OH)–C–C–N with tert-alkyl or cyclic N) is 1. The van der Waals surface area contributed by atoms with Crippen LogP contribution in [0, 0.1) is 0 Å². The molecule has 4 nitrogen and oxygen atoms in total. The van der Waals surface area contributed by atoms with E-state index in [1.54, 1.807) is 0 Å². The smallest absolute Gasteiger partial charge is 0.0900 e. The number of hydrogen-bond acceptors (Lipinski definition) is 5. The van der Waals surface area contributed by atoms with Crippen molar-refractivity contribution >= 4 is 11.3 Å². The minimum Gasteiger partial charge on any atom is -0.389 e. The lowest BCUT2D eigenvalue weighted by Crippen LogP contribution is -2.48. The molecule has 21 heavy (non-hydrogen) atoms. The SMILES string of the molecule is CC(C)(C)OC[C@H](O)CN1CCN(Cc2cccs2)CC1. The maximum atomic E-state index is 10.1. The van der Waals surface area contributed by atoms with E-state index in [9.17, 15) is 5.11 Å². The van der Waals surface area contributed by atoms with E-state index in [4.69, 9.17) is 4.74 Å². The van der Waals surface area contributed by atoms with Gasteiger partial charge in [-0.1, -0.05) is 6.07 Å². The molecule has 1 saturated heterocycles. The molecule has 120 valence electrons. The van der Waals surface area contributed by atoms with Crippen LogP contribution >= 0.6 is 11.3 Å². The summed E-state index contributed by atoms with van der Waals surface area (Å²) in [5.41, 5.74) is -0.180. The quantitative estimate of drug-likeness (QED) is 0.872. The van der Waals surface area contributed by atoms with Crippen LogP contribution in [0.25, 0.3) is 0 Å². The zero-order chi connectivity index (χ0) is 15.3. The normalized spacial score (nSPS) is 19.8. The van der Waals surface area contributed by atoms with Gasteiger partial charge in [0.25, 0.3) is 0 Å². The Labute approximate surface area is 132 Å². The van der Waals surface area contributed by atoms with Gasteiger partial charge in [0.15, 0.2) is 0 Å². The van der Waals surface area contributed by atoms with E-state index in [-0.39, 0.29) is 5.60 Å². The Kier molecular flexibility index (Phi) is 6.20. The first-order chi connectivity index (χ1) is 9.92. The topological polar surface area (TPSA) is 35.9 Å². The van der Waals surface area contributed by atoms with Crippen LogP contribution in [-0.4, -0.2) is 65.9 Å². The molecule has 2 heterocycles. The summed E-state index contributed by atoms with van der Waals surface area (Å²) in [6, 6.07) is 4.31. The Morgan fingerprint density at radius 2 is 1.90 bits per heavy atom. The number of ether oxygens (including phenoxy) is 1. The van der Waals surface area contributed by atoms with Crippen molar-refractivity contribution in [3.8, 4) is 0 Å². The third kappa shape index (κ3) is 6.45. The van der Waals surface area contributed by atoms with E-state index in [1.165, 1.54) is 4.88 Å². The molecule has 1 aliphatic rings. The summed E-state index contributed by atoms with van der Waals surface area (Å²) < 4.78 is 5.64. The number of aliphatic hydroxyl groups excluding tert-OH is 1. The van der Waals surface area contributed by atoms with Gasteiger partial charge in [0.2, 0.25) is 0 Å². The summed E-state index contributed by atoms with van der Waals surface area (Å²) in [5.74, 6) is 0. The van der Waals surface area contributed by atoms with Crippen LogP contribution in [-0.2, 0) is 11.3 Å². The van der Waals surface area contributed by atoms with Crippen LogP contribution < -0.4 is 0 Å². The molecule has 1 fully saturated rings. The summed E-state index contributed by atoms with van der Waals surface area (Å²) >= 11 is 1.83. The summed E-state index contributed by atoms with van der Waals surface area (Å²) in [6.07, 6.45) is -0.395. The van der Waals surface area contributed by atoms with Gasteiger partial charge in [0, 0.05) is 44.1 Å². The zero-order valence-electron chi connectivity index (χ0n) is 13.4. The van der Waals surface area contributed by atoms with Crippen molar-refractivity contribution in [2.75, 3.05) is 39.3 Å². The molecule has 0 spiro atoms. The lowest BCUT2D eigenvalue weighted by atomic mass is 10.2. The Balaban J connectivity index is 1.64. The maximum Gasteiger partial charge on any atom is 0.0900 e. The second-order valence-corrected chi connectivity index (χ2v) is 7.77. The molecule has 0 bridgehead atoms. The lowest BCUT2D eigenvalue weighted by Gasteiger charge is -2.35. The molecule has 0 unspecified atom stereocenters. The Hall–Kier alpha value is -0.460. The minimum absolute atomic E-state index is 0.180. The zero-order valence-corrected chi connectivity index (χ0v) is 14.2. The van der Waals surface area contributed by atoms with Gasteiger partial charge >= 0.3 is 0 Å². The van der Waals surface area contributed by atoms with Crippen molar-refractivity contribution < 1.29 is 9.84 Å². The predicted molar refractivity (Wildman–Crippen MR) is 87.7 cm³/mol. The molecule has 0 radical (unpaired) electrons. The summed E-state index contributed by atoms with van der Waals surface area (Å²) in [7, 11) is 0. The number of aliphatic hydroxyl groups is 1. The van der Waals surface area contributed by atoms with Crippen LogP contribution in [0.5, 0.6) is 0 Å².